The maximum Gasteiger partial charge on any atom is 0.254 e. The second kappa shape index (κ2) is 7.03. The van der Waals surface area contributed by atoms with E-state index in [1.165, 1.54) is 23.2 Å². The Kier molecular flexibility index (Phi) is 5.10. The van der Waals surface area contributed by atoms with Gasteiger partial charge in [-0.25, -0.2) is 0 Å². The topological polar surface area (TPSA) is 91.5 Å². The quantitative estimate of drug-likeness (QED) is 0.800. The number of aromatic amines is 1. The molecule has 1 aromatic heterocycles. The molecular weight excluding hydrogens is 274 g/mol. The Hall–Kier alpha value is -2.15. The molecule has 1 fully saturated rings. The first-order valence-corrected chi connectivity index (χ1v) is 6.98. The lowest BCUT2D eigenvalue weighted by atomic mass is 10.1. The number of aromatic nitrogens is 1. The predicted molar refractivity (Wildman–Crippen MR) is 76.0 cm³/mol. The molecule has 1 saturated heterocycles. The van der Waals surface area contributed by atoms with Crippen molar-refractivity contribution in [3.8, 4) is 0 Å². The van der Waals surface area contributed by atoms with E-state index in [4.69, 9.17) is 4.74 Å². The van der Waals surface area contributed by atoms with E-state index in [0.29, 0.717) is 19.7 Å². The Bertz CT molecular complexity index is 569. The molecule has 1 aliphatic heterocycles. The van der Waals surface area contributed by atoms with Crippen molar-refractivity contribution in [2.45, 2.75) is 19.4 Å². The molecule has 1 aromatic rings. The zero-order valence-corrected chi connectivity index (χ0v) is 11.9. The molecule has 0 bridgehead atoms. The van der Waals surface area contributed by atoms with Gasteiger partial charge in [0, 0.05) is 30.9 Å². The third kappa shape index (κ3) is 3.69. The lowest BCUT2D eigenvalue weighted by molar-refractivity contribution is -0.130. The third-order valence-corrected chi connectivity index (χ3v) is 3.26. The van der Waals surface area contributed by atoms with E-state index in [-0.39, 0.29) is 29.5 Å². The summed E-state index contributed by atoms with van der Waals surface area (Å²) in [5, 5.41) is 2.77. The monoisotopic (exact) mass is 293 g/mol. The smallest absolute Gasteiger partial charge is 0.254 e. The summed E-state index contributed by atoms with van der Waals surface area (Å²) in [5.41, 5.74) is -0.0740. The van der Waals surface area contributed by atoms with Crippen LogP contribution in [0.1, 0.15) is 23.7 Å². The molecule has 0 aliphatic carbocycles. The average molecular weight is 293 g/mol. The molecule has 0 radical (unpaired) electrons. The van der Waals surface area contributed by atoms with Gasteiger partial charge in [-0.3, -0.25) is 14.4 Å². The Morgan fingerprint density at radius 2 is 2.33 bits per heavy atom. The number of rotatable bonds is 4. The summed E-state index contributed by atoms with van der Waals surface area (Å²) in [5.74, 6) is -0.559. The highest BCUT2D eigenvalue weighted by molar-refractivity contribution is 5.97. The number of hydrogen-bond donors (Lipinski definition) is 2. The third-order valence-electron chi connectivity index (χ3n) is 3.26. The standard InChI is InChI=1S/C14H19N3O4/c1-2-4-16-13(19)11-9-21-7-6-17(11)14(20)10-3-5-15-12(18)8-10/h3,5,8,11H,2,4,6-7,9H2,1H3,(H,15,18)(H,16,19). The van der Waals surface area contributed by atoms with Gasteiger partial charge in [0.15, 0.2) is 0 Å². The van der Waals surface area contributed by atoms with Gasteiger partial charge in [0.2, 0.25) is 11.5 Å². The van der Waals surface area contributed by atoms with Crippen LogP contribution >= 0.6 is 0 Å². The lowest BCUT2D eigenvalue weighted by Crippen LogP contribution is -2.56. The zero-order chi connectivity index (χ0) is 15.2. The lowest BCUT2D eigenvalue weighted by Gasteiger charge is -2.34. The molecule has 2 rings (SSSR count). The summed E-state index contributed by atoms with van der Waals surface area (Å²) in [6, 6.07) is 2.11. The molecule has 7 heteroatoms. The van der Waals surface area contributed by atoms with Gasteiger partial charge in [0.1, 0.15) is 6.04 Å². The highest BCUT2D eigenvalue weighted by atomic mass is 16.5. The number of morpholine rings is 1. The van der Waals surface area contributed by atoms with Gasteiger partial charge in [0.25, 0.3) is 5.91 Å². The maximum absolute atomic E-state index is 12.5. The maximum atomic E-state index is 12.5. The Balaban J connectivity index is 2.16. The van der Waals surface area contributed by atoms with Gasteiger partial charge in [-0.2, -0.15) is 0 Å². The van der Waals surface area contributed by atoms with Crippen molar-refractivity contribution in [3.63, 3.8) is 0 Å². The first-order chi connectivity index (χ1) is 10.1. The number of hydrogen-bond acceptors (Lipinski definition) is 4. The van der Waals surface area contributed by atoms with Crippen LogP contribution < -0.4 is 10.9 Å². The fourth-order valence-electron chi connectivity index (χ4n) is 2.17. The van der Waals surface area contributed by atoms with Crippen LogP contribution in [-0.4, -0.2) is 54.0 Å². The summed E-state index contributed by atoms with van der Waals surface area (Å²) in [7, 11) is 0. The number of nitrogens with one attached hydrogen (secondary N) is 2. The number of pyridine rings is 1. The van der Waals surface area contributed by atoms with E-state index in [0.717, 1.165) is 6.42 Å². The van der Waals surface area contributed by atoms with Crippen molar-refractivity contribution < 1.29 is 14.3 Å². The summed E-state index contributed by atoms with van der Waals surface area (Å²) in [6.07, 6.45) is 2.24. The zero-order valence-electron chi connectivity index (χ0n) is 11.9. The van der Waals surface area contributed by atoms with Crippen LogP contribution in [0.2, 0.25) is 0 Å². The molecular formula is C14H19N3O4. The van der Waals surface area contributed by atoms with Crippen molar-refractivity contribution in [1.29, 1.82) is 0 Å². The Labute approximate surface area is 122 Å². The van der Waals surface area contributed by atoms with Crippen LogP contribution in [0.15, 0.2) is 23.1 Å². The van der Waals surface area contributed by atoms with Crippen LogP contribution in [0, 0.1) is 0 Å². The number of ether oxygens (including phenoxy) is 1. The van der Waals surface area contributed by atoms with Crippen molar-refractivity contribution in [2.75, 3.05) is 26.3 Å². The van der Waals surface area contributed by atoms with Crippen LogP contribution in [0.25, 0.3) is 0 Å². The van der Waals surface area contributed by atoms with Crippen molar-refractivity contribution >= 4 is 11.8 Å². The molecule has 1 aliphatic rings. The molecule has 114 valence electrons. The summed E-state index contributed by atoms with van der Waals surface area (Å²) >= 11 is 0. The van der Waals surface area contributed by atoms with Crippen LogP contribution in [-0.2, 0) is 9.53 Å². The van der Waals surface area contributed by atoms with Crippen molar-refractivity contribution in [3.05, 3.63) is 34.2 Å². The first-order valence-electron chi connectivity index (χ1n) is 6.98. The van der Waals surface area contributed by atoms with Gasteiger partial charge in [0.05, 0.1) is 13.2 Å². The summed E-state index contributed by atoms with van der Waals surface area (Å²) in [4.78, 5) is 39.8. The van der Waals surface area contributed by atoms with E-state index in [2.05, 4.69) is 10.3 Å². The van der Waals surface area contributed by atoms with Crippen molar-refractivity contribution in [2.24, 2.45) is 0 Å². The largest absolute Gasteiger partial charge is 0.377 e. The Morgan fingerprint density at radius 3 is 3.05 bits per heavy atom. The summed E-state index contributed by atoms with van der Waals surface area (Å²) < 4.78 is 5.30. The molecule has 0 spiro atoms. The van der Waals surface area contributed by atoms with Gasteiger partial charge in [-0.05, 0) is 12.5 Å². The average Bonchev–Trinajstić information content (AvgIpc) is 2.52. The molecule has 0 aromatic carbocycles. The van der Waals surface area contributed by atoms with Crippen LogP contribution in [0.5, 0.6) is 0 Å². The normalized spacial score (nSPS) is 18.3. The number of carbonyl (C=O) groups excluding carboxylic acids is 2. The molecule has 2 amide bonds. The molecule has 2 heterocycles. The number of carbonyl (C=O) groups is 2. The highest BCUT2D eigenvalue weighted by Gasteiger charge is 2.33. The first kappa shape index (κ1) is 15.2. The fourth-order valence-corrected chi connectivity index (χ4v) is 2.17. The number of H-pyrrole nitrogens is 1. The predicted octanol–water partition coefficient (Wildman–Crippen LogP) is -0.258. The minimum atomic E-state index is -0.655. The SMILES string of the molecule is CCCNC(=O)C1COCCN1C(=O)c1cc[nH]c(=O)c1. The molecule has 2 N–H and O–H groups in total. The minimum Gasteiger partial charge on any atom is -0.377 e. The van der Waals surface area contributed by atoms with Gasteiger partial charge < -0.3 is 19.9 Å². The molecule has 21 heavy (non-hydrogen) atoms. The molecule has 7 nitrogen and oxygen atoms in total. The van der Waals surface area contributed by atoms with Crippen molar-refractivity contribution in [1.82, 2.24) is 15.2 Å². The fraction of sp³-hybridized carbons (Fsp3) is 0.500. The van der Waals surface area contributed by atoms with E-state index in [1.54, 1.807) is 0 Å². The van der Waals surface area contributed by atoms with Crippen LogP contribution in [0.3, 0.4) is 0 Å². The van der Waals surface area contributed by atoms with Gasteiger partial charge in [-0.1, -0.05) is 6.92 Å². The van der Waals surface area contributed by atoms with Gasteiger partial charge in [-0.15, -0.1) is 0 Å². The molecule has 1 unspecified atom stereocenters. The van der Waals surface area contributed by atoms with Crippen LogP contribution in [0.4, 0.5) is 0 Å². The van der Waals surface area contributed by atoms with E-state index in [1.807, 2.05) is 6.92 Å². The number of nitrogens with zero attached hydrogens (tertiary/aromatic N) is 1. The van der Waals surface area contributed by atoms with E-state index < -0.39 is 6.04 Å². The summed E-state index contributed by atoms with van der Waals surface area (Å²) in [6.45, 7) is 3.39. The van der Waals surface area contributed by atoms with Gasteiger partial charge >= 0.3 is 0 Å². The second-order valence-corrected chi connectivity index (χ2v) is 4.82. The van der Waals surface area contributed by atoms with E-state index >= 15 is 0 Å². The van der Waals surface area contributed by atoms with E-state index in [9.17, 15) is 14.4 Å². The minimum absolute atomic E-state index is 0.171. The number of amides is 2. The molecule has 1 atom stereocenters. The molecule has 0 saturated carbocycles. The second-order valence-electron chi connectivity index (χ2n) is 4.82. The highest BCUT2D eigenvalue weighted by Crippen LogP contribution is 2.12. The Morgan fingerprint density at radius 1 is 1.52 bits per heavy atom.